The zero-order valence-corrected chi connectivity index (χ0v) is 11.2. The Kier molecular flexibility index (Phi) is 3.97. The summed E-state index contributed by atoms with van der Waals surface area (Å²) in [5.41, 5.74) is 7.66. The highest BCUT2D eigenvalue weighted by atomic mass is 32.1. The van der Waals surface area contributed by atoms with E-state index >= 15 is 0 Å². The average Bonchev–Trinajstić information content (AvgIpc) is 2.87. The normalized spacial score (nSPS) is 14.5. The molecule has 1 heterocycles. The van der Waals surface area contributed by atoms with E-state index in [1.165, 1.54) is 15.3 Å². The van der Waals surface area contributed by atoms with Gasteiger partial charge in [0.1, 0.15) is 0 Å². The third-order valence-electron chi connectivity index (χ3n) is 3.22. The Labute approximate surface area is 107 Å². The molecule has 0 aliphatic carbocycles. The van der Waals surface area contributed by atoms with Crippen molar-refractivity contribution in [1.82, 2.24) is 0 Å². The zero-order chi connectivity index (χ0) is 12.3. The molecule has 2 rings (SSSR count). The first-order chi connectivity index (χ1) is 8.22. The van der Waals surface area contributed by atoms with Gasteiger partial charge in [0.15, 0.2) is 0 Å². The lowest BCUT2D eigenvalue weighted by molar-refractivity contribution is 0.607. The van der Waals surface area contributed by atoms with Gasteiger partial charge in [0, 0.05) is 21.7 Å². The van der Waals surface area contributed by atoms with Gasteiger partial charge in [-0.05, 0) is 24.1 Å². The van der Waals surface area contributed by atoms with Gasteiger partial charge >= 0.3 is 0 Å². The lowest BCUT2D eigenvalue weighted by Gasteiger charge is -2.19. The largest absolute Gasteiger partial charge is 0.323 e. The quantitative estimate of drug-likeness (QED) is 0.861. The maximum Gasteiger partial charge on any atom is 0.0456 e. The van der Waals surface area contributed by atoms with E-state index in [4.69, 9.17) is 5.73 Å². The first kappa shape index (κ1) is 12.3. The minimum Gasteiger partial charge on any atom is -0.323 e. The Morgan fingerprint density at radius 1 is 1.12 bits per heavy atom. The summed E-state index contributed by atoms with van der Waals surface area (Å²) < 4.78 is 0. The molecule has 0 saturated heterocycles. The smallest absolute Gasteiger partial charge is 0.0456 e. The Bertz CT molecular complexity index is 461. The minimum absolute atomic E-state index is 0.0997. The molecule has 0 aliphatic rings. The van der Waals surface area contributed by atoms with Crippen LogP contribution in [0.1, 0.15) is 41.1 Å². The first-order valence-corrected chi connectivity index (χ1v) is 6.93. The van der Waals surface area contributed by atoms with E-state index < -0.39 is 0 Å². The van der Waals surface area contributed by atoms with Gasteiger partial charge in [0.25, 0.3) is 0 Å². The molecule has 2 aromatic rings. The molecular weight excluding hydrogens is 226 g/mol. The number of rotatable bonds is 4. The number of aryl methyl sites for hydroxylation is 1. The Hall–Kier alpha value is -1.12. The highest BCUT2D eigenvalue weighted by Gasteiger charge is 2.17. The van der Waals surface area contributed by atoms with Gasteiger partial charge in [-0.25, -0.2) is 0 Å². The second-order valence-electron chi connectivity index (χ2n) is 4.38. The Balaban J connectivity index is 2.17. The van der Waals surface area contributed by atoms with Gasteiger partial charge in [-0.15, -0.1) is 11.3 Å². The monoisotopic (exact) mass is 245 g/mol. The molecule has 1 aromatic heterocycles. The second kappa shape index (κ2) is 5.48. The van der Waals surface area contributed by atoms with E-state index in [1.807, 2.05) is 17.4 Å². The number of nitrogens with two attached hydrogens (primary N) is 1. The molecule has 0 aliphatic heterocycles. The van der Waals surface area contributed by atoms with Crippen molar-refractivity contribution in [2.75, 3.05) is 0 Å². The zero-order valence-electron chi connectivity index (χ0n) is 10.4. The van der Waals surface area contributed by atoms with Crippen molar-refractivity contribution in [3.63, 3.8) is 0 Å². The number of thiophene rings is 1. The average molecular weight is 245 g/mol. The Morgan fingerprint density at radius 2 is 1.82 bits per heavy atom. The van der Waals surface area contributed by atoms with Crippen molar-refractivity contribution in [3.8, 4) is 0 Å². The van der Waals surface area contributed by atoms with E-state index in [2.05, 4.69) is 50.2 Å². The van der Waals surface area contributed by atoms with E-state index in [9.17, 15) is 0 Å². The van der Waals surface area contributed by atoms with Crippen molar-refractivity contribution in [2.24, 2.45) is 5.73 Å². The van der Waals surface area contributed by atoms with Gasteiger partial charge in [-0.3, -0.25) is 0 Å². The van der Waals surface area contributed by atoms with Gasteiger partial charge in [-0.2, -0.15) is 0 Å². The van der Waals surface area contributed by atoms with Crippen LogP contribution in [-0.4, -0.2) is 0 Å². The molecule has 0 radical (unpaired) electrons. The van der Waals surface area contributed by atoms with E-state index in [-0.39, 0.29) is 6.04 Å². The molecule has 0 saturated carbocycles. The minimum atomic E-state index is 0.0997. The topological polar surface area (TPSA) is 26.0 Å². The fraction of sp³-hybridized carbons (Fsp3) is 0.333. The van der Waals surface area contributed by atoms with Gasteiger partial charge in [-0.1, -0.05) is 44.2 Å². The van der Waals surface area contributed by atoms with Crippen molar-refractivity contribution >= 4 is 11.3 Å². The first-order valence-electron chi connectivity index (χ1n) is 6.11. The van der Waals surface area contributed by atoms with Crippen LogP contribution in [0.4, 0.5) is 0 Å². The molecule has 0 fully saturated rings. The van der Waals surface area contributed by atoms with Crippen molar-refractivity contribution in [3.05, 3.63) is 57.8 Å². The van der Waals surface area contributed by atoms with Crippen LogP contribution in [0, 0.1) is 0 Å². The predicted octanol–water partition coefficient (Wildman–Crippen LogP) is 4.11. The summed E-state index contributed by atoms with van der Waals surface area (Å²) in [6.07, 6.45) is 1.09. The van der Waals surface area contributed by atoms with Gasteiger partial charge < -0.3 is 5.73 Å². The third kappa shape index (κ3) is 2.76. The molecule has 0 bridgehead atoms. The summed E-state index contributed by atoms with van der Waals surface area (Å²) in [6.45, 7) is 4.38. The summed E-state index contributed by atoms with van der Waals surface area (Å²) in [7, 11) is 0. The summed E-state index contributed by atoms with van der Waals surface area (Å²) in [4.78, 5) is 2.70. The highest BCUT2D eigenvalue weighted by Crippen LogP contribution is 2.32. The van der Waals surface area contributed by atoms with Crippen molar-refractivity contribution < 1.29 is 0 Å². The van der Waals surface area contributed by atoms with Crippen molar-refractivity contribution in [2.45, 2.75) is 32.2 Å². The highest BCUT2D eigenvalue weighted by molar-refractivity contribution is 7.12. The molecule has 2 N–H and O–H groups in total. The molecule has 1 nitrogen and oxygen atoms in total. The van der Waals surface area contributed by atoms with Crippen LogP contribution in [-0.2, 0) is 6.42 Å². The lowest BCUT2D eigenvalue weighted by Crippen LogP contribution is -2.16. The molecule has 2 atom stereocenters. The van der Waals surface area contributed by atoms with Crippen LogP contribution in [0.3, 0.4) is 0 Å². The van der Waals surface area contributed by atoms with Gasteiger partial charge in [0.05, 0.1) is 0 Å². The second-order valence-corrected chi connectivity index (χ2v) is 5.58. The van der Waals surface area contributed by atoms with Crippen LogP contribution in [0.15, 0.2) is 42.5 Å². The predicted molar refractivity (Wildman–Crippen MR) is 75.5 cm³/mol. The summed E-state index contributed by atoms with van der Waals surface area (Å²) in [5.74, 6) is 0.361. The standard InChI is InChI=1S/C15H19NS/c1-3-13-9-10-14(17-13)15(16)11(2)12-7-5-4-6-8-12/h4-11,15H,3,16H2,1-2H3. The molecular formula is C15H19NS. The van der Waals surface area contributed by atoms with Crippen LogP contribution in [0.25, 0.3) is 0 Å². The molecule has 1 aromatic carbocycles. The van der Waals surface area contributed by atoms with Gasteiger partial charge in [0.2, 0.25) is 0 Å². The fourth-order valence-electron chi connectivity index (χ4n) is 1.97. The fourth-order valence-corrected chi connectivity index (χ4v) is 3.03. The van der Waals surface area contributed by atoms with E-state index in [0.29, 0.717) is 5.92 Å². The van der Waals surface area contributed by atoms with Crippen molar-refractivity contribution in [1.29, 1.82) is 0 Å². The maximum absolute atomic E-state index is 6.35. The molecule has 2 heteroatoms. The molecule has 0 spiro atoms. The molecule has 2 unspecified atom stereocenters. The molecule has 90 valence electrons. The van der Waals surface area contributed by atoms with Crippen LogP contribution < -0.4 is 5.73 Å². The number of hydrogen-bond donors (Lipinski definition) is 1. The molecule has 0 amide bonds. The lowest BCUT2D eigenvalue weighted by atomic mass is 9.93. The summed E-state index contributed by atoms with van der Waals surface area (Å²) >= 11 is 1.84. The summed E-state index contributed by atoms with van der Waals surface area (Å²) in [5, 5.41) is 0. The summed E-state index contributed by atoms with van der Waals surface area (Å²) in [6, 6.07) is 15.0. The molecule has 17 heavy (non-hydrogen) atoms. The van der Waals surface area contributed by atoms with E-state index in [0.717, 1.165) is 6.42 Å². The number of hydrogen-bond acceptors (Lipinski definition) is 2. The maximum atomic E-state index is 6.35. The third-order valence-corrected chi connectivity index (χ3v) is 4.55. The van der Waals surface area contributed by atoms with Crippen LogP contribution in [0.2, 0.25) is 0 Å². The van der Waals surface area contributed by atoms with E-state index in [1.54, 1.807) is 0 Å². The Morgan fingerprint density at radius 3 is 2.41 bits per heavy atom. The number of benzene rings is 1. The van der Waals surface area contributed by atoms with Crippen LogP contribution >= 0.6 is 11.3 Å². The SMILES string of the molecule is CCc1ccc(C(N)C(C)c2ccccc2)s1. The van der Waals surface area contributed by atoms with Crippen LogP contribution in [0.5, 0.6) is 0 Å².